The van der Waals surface area contributed by atoms with Gasteiger partial charge in [0.15, 0.2) is 0 Å². The maximum atomic E-state index is 10.5. The number of ether oxygens (including phenoxy) is 1. The zero-order chi connectivity index (χ0) is 14.5. The number of aryl methyl sites for hydroxylation is 1. The zero-order valence-electron chi connectivity index (χ0n) is 11.8. The van der Waals surface area contributed by atoms with E-state index in [9.17, 15) is 5.11 Å². The minimum Gasteiger partial charge on any atom is -0.492 e. The van der Waals surface area contributed by atoms with Crippen molar-refractivity contribution in [3.8, 4) is 5.75 Å². The van der Waals surface area contributed by atoms with Crippen LogP contribution in [0.15, 0.2) is 46.9 Å². The molecule has 2 nitrogen and oxygen atoms in total. The van der Waals surface area contributed by atoms with E-state index >= 15 is 0 Å². The standard InChI is InChI=1S/C17H19BrO2/c1-3-10-20-16-9-8-13(11-15(16)18)17(19)14-7-5-4-6-12(14)2/h4-9,11,17,19H,3,10H2,1-2H3. The second-order valence-corrected chi connectivity index (χ2v) is 5.65. The molecule has 0 amide bonds. The molecule has 1 unspecified atom stereocenters. The van der Waals surface area contributed by atoms with Crippen LogP contribution in [0.4, 0.5) is 0 Å². The lowest BCUT2D eigenvalue weighted by Crippen LogP contribution is -2.03. The van der Waals surface area contributed by atoms with Gasteiger partial charge in [-0.3, -0.25) is 0 Å². The molecule has 1 atom stereocenters. The highest BCUT2D eigenvalue weighted by atomic mass is 79.9. The Morgan fingerprint density at radius 1 is 1.20 bits per heavy atom. The van der Waals surface area contributed by atoms with Crippen molar-refractivity contribution in [1.29, 1.82) is 0 Å². The molecule has 106 valence electrons. The van der Waals surface area contributed by atoms with Gasteiger partial charge in [-0.2, -0.15) is 0 Å². The molecule has 0 aromatic heterocycles. The molecule has 20 heavy (non-hydrogen) atoms. The molecule has 0 heterocycles. The van der Waals surface area contributed by atoms with Gasteiger partial charge in [0, 0.05) is 0 Å². The molecule has 0 saturated heterocycles. The van der Waals surface area contributed by atoms with Crippen LogP contribution in [0, 0.1) is 6.92 Å². The lowest BCUT2D eigenvalue weighted by molar-refractivity contribution is 0.219. The Labute approximate surface area is 128 Å². The fourth-order valence-electron chi connectivity index (χ4n) is 2.09. The van der Waals surface area contributed by atoms with E-state index in [1.165, 1.54) is 0 Å². The van der Waals surface area contributed by atoms with Gasteiger partial charge in [-0.25, -0.2) is 0 Å². The largest absolute Gasteiger partial charge is 0.492 e. The summed E-state index contributed by atoms with van der Waals surface area (Å²) in [6.07, 6.45) is 0.354. The first kappa shape index (κ1) is 15.1. The van der Waals surface area contributed by atoms with Crippen molar-refractivity contribution in [2.75, 3.05) is 6.61 Å². The molecule has 0 bridgehead atoms. The number of hydrogen-bond donors (Lipinski definition) is 1. The lowest BCUT2D eigenvalue weighted by Gasteiger charge is -2.15. The van der Waals surface area contributed by atoms with E-state index in [0.717, 1.165) is 33.3 Å². The summed E-state index contributed by atoms with van der Waals surface area (Å²) in [5.74, 6) is 0.813. The summed E-state index contributed by atoms with van der Waals surface area (Å²) in [5.41, 5.74) is 2.87. The first-order valence-corrected chi connectivity index (χ1v) is 7.58. The molecule has 1 N–H and O–H groups in total. The third-order valence-corrected chi connectivity index (χ3v) is 3.84. The van der Waals surface area contributed by atoms with E-state index in [1.807, 2.05) is 49.4 Å². The molecule has 3 heteroatoms. The summed E-state index contributed by atoms with van der Waals surface area (Å²) in [7, 11) is 0. The van der Waals surface area contributed by atoms with E-state index in [-0.39, 0.29) is 0 Å². The molecule has 0 aliphatic heterocycles. The van der Waals surface area contributed by atoms with E-state index in [0.29, 0.717) is 6.61 Å². The van der Waals surface area contributed by atoms with Crippen molar-refractivity contribution in [3.05, 3.63) is 63.6 Å². The van der Waals surface area contributed by atoms with Crippen LogP contribution in [-0.4, -0.2) is 11.7 Å². The summed E-state index contributed by atoms with van der Waals surface area (Å²) < 4.78 is 6.49. The summed E-state index contributed by atoms with van der Waals surface area (Å²) in [6.45, 7) is 4.77. The molecular formula is C17H19BrO2. The minimum atomic E-state index is -0.618. The van der Waals surface area contributed by atoms with E-state index in [4.69, 9.17) is 4.74 Å². The second-order valence-electron chi connectivity index (χ2n) is 4.80. The number of aliphatic hydroxyl groups is 1. The second kappa shape index (κ2) is 6.91. The van der Waals surface area contributed by atoms with Gasteiger partial charge in [0.25, 0.3) is 0 Å². The molecule has 0 fully saturated rings. The molecule has 2 rings (SSSR count). The van der Waals surface area contributed by atoms with Crippen molar-refractivity contribution >= 4 is 15.9 Å². The smallest absolute Gasteiger partial charge is 0.133 e. The fourth-order valence-corrected chi connectivity index (χ4v) is 2.60. The van der Waals surface area contributed by atoms with Gasteiger partial charge in [-0.1, -0.05) is 37.3 Å². The van der Waals surface area contributed by atoms with E-state index in [1.54, 1.807) is 0 Å². The van der Waals surface area contributed by atoms with Gasteiger partial charge in [0.1, 0.15) is 11.9 Å². The maximum Gasteiger partial charge on any atom is 0.133 e. The van der Waals surface area contributed by atoms with Gasteiger partial charge >= 0.3 is 0 Å². The Bertz CT molecular complexity index is 581. The van der Waals surface area contributed by atoms with Gasteiger partial charge in [-0.15, -0.1) is 0 Å². The van der Waals surface area contributed by atoms with Crippen LogP contribution in [0.5, 0.6) is 5.75 Å². The fraction of sp³-hybridized carbons (Fsp3) is 0.294. The van der Waals surface area contributed by atoms with E-state index in [2.05, 4.69) is 22.9 Å². The predicted octanol–water partition coefficient (Wildman–Crippen LogP) is 4.63. The Balaban J connectivity index is 2.25. The number of rotatable bonds is 5. The van der Waals surface area contributed by atoms with E-state index < -0.39 is 6.10 Å². The monoisotopic (exact) mass is 334 g/mol. The Morgan fingerprint density at radius 2 is 1.95 bits per heavy atom. The maximum absolute atomic E-state index is 10.5. The van der Waals surface area contributed by atoms with Crippen molar-refractivity contribution in [2.45, 2.75) is 26.4 Å². The number of hydrogen-bond acceptors (Lipinski definition) is 2. The minimum absolute atomic E-state index is 0.618. The lowest BCUT2D eigenvalue weighted by atomic mass is 9.97. The molecule has 2 aromatic carbocycles. The third-order valence-electron chi connectivity index (χ3n) is 3.22. The van der Waals surface area contributed by atoms with Gasteiger partial charge < -0.3 is 9.84 Å². The summed E-state index contributed by atoms with van der Waals surface area (Å²) >= 11 is 3.50. The Morgan fingerprint density at radius 3 is 2.60 bits per heavy atom. The summed E-state index contributed by atoms with van der Waals surface area (Å²) in [5, 5.41) is 10.5. The average Bonchev–Trinajstić information content (AvgIpc) is 2.46. The zero-order valence-corrected chi connectivity index (χ0v) is 13.4. The topological polar surface area (TPSA) is 29.5 Å². The number of aliphatic hydroxyl groups excluding tert-OH is 1. The van der Waals surface area contributed by atoms with Gasteiger partial charge in [0.05, 0.1) is 11.1 Å². The van der Waals surface area contributed by atoms with Crippen LogP contribution in [0.3, 0.4) is 0 Å². The van der Waals surface area contributed by atoms with Crippen LogP contribution in [0.25, 0.3) is 0 Å². The molecule has 0 aliphatic rings. The molecule has 0 saturated carbocycles. The quantitative estimate of drug-likeness (QED) is 0.863. The Kier molecular flexibility index (Phi) is 5.21. The molecule has 2 aromatic rings. The molecular weight excluding hydrogens is 316 g/mol. The number of halogens is 1. The van der Waals surface area contributed by atoms with Crippen LogP contribution in [0.1, 0.15) is 36.1 Å². The van der Waals surface area contributed by atoms with Crippen LogP contribution < -0.4 is 4.74 Å². The first-order chi connectivity index (χ1) is 9.63. The summed E-state index contributed by atoms with van der Waals surface area (Å²) in [4.78, 5) is 0. The predicted molar refractivity (Wildman–Crippen MR) is 85.2 cm³/mol. The molecule has 0 aliphatic carbocycles. The van der Waals surface area contributed by atoms with Crippen LogP contribution >= 0.6 is 15.9 Å². The highest BCUT2D eigenvalue weighted by Crippen LogP contribution is 2.31. The van der Waals surface area contributed by atoms with Crippen molar-refractivity contribution < 1.29 is 9.84 Å². The third kappa shape index (κ3) is 3.41. The summed E-state index contributed by atoms with van der Waals surface area (Å²) in [6, 6.07) is 13.6. The van der Waals surface area contributed by atoms with Crippen molar-refractivity contribution in [2.24, 2.45) is 0 Å². The number of benzene rings is 2. The first-order valence-electron chi connectivity index (χ1n) is 6.79. The molecule has 0 radical (unpaired) electrons. The van der Waals surface area contributed by atoms with Gasteiger partial charge in [-0.05, 0) is 58.1 Å². The highest BCUT2D eigenvalue weighted by molar-refractivity contribution is 9.10. The van der Waals surface area contributed by atoms with Crippen LogP contribution in [0.2, 0.25) is 0 Å². The molecule has 0 spiro atoms. The average molecular weight is 335 g/mol. The SMILES string of the molecule is CCCOc1ccc(C(O)c2ccccc2C)cc1Br. The Hall–Kier alpha value is -1.32. The van der Waals surface area contributed by atoms with Gasteiger partial charge in [0.2, 0.25) is 0 Å². The van der Waals surface area contributed by atoms with Crippen LogP contribution in [-0.2, 0) is 0 Å². The van der Waals surface area contributed by atoms with Crippen molar-refractivity contribution in [3.63, 3.8) is 0 Å². The van der Waals surface area contributed by atoms with Crippen molar-refractivity contribution in [1.82, 2.24) is 0 Å². The normalized spacial score (nSPS) is 12.2. The highest BCUT2D eigenvalue weighted by Gasteiger charge is 2.14.